The third-order valence-corrected chi connectivity index (χ3v) is 3.69. The van der Waals surface area contributed by atoms with E-state index in [0.29, 0.717) is 13.0 Å². The van der Waals surface area contributed by atoms with Crippen LogP contribution in [0.15, 0.2) is 6.07 Å². The van der Waals surface area contributed by atoms with Gasteiger partial charge in [-0.25, -0.2) is 0 Å². The molecule has 1 aromatic carbocycles. The molecule has 0 saturated heterocycles. The monoisotopic (exact) mass is 267 g/mol. The van der Waals surface area contributed by atoms with Crippen molar-refractivity contribution in [2.24, 2.45) is 0 Å². The second-order valence-electron chi connectivity index (χ2n) is 4.90. The summed E-state index contributed by atoms with van der Waals surface area (Å²) in [4.78, 5) is 0. The van der Waals surface area contributed by atoms with Crippen molar-refractivity contribution in [1.29, 1.82) is 0 Å². The highest BCUT2D eigenvalue weighted by molar-refractivity contribution is 5.48. The third kappa shape index (κ3) is 3.93. The number of nitrogens with one attached hydrogen (secondary N) is 1. The maximum Gasteiger partial charge on any atom is 0.122 e. The Bertz CT molecular complexity index is 418. The lowest BCUT2D eigenvalue weighted by Crippen LogP contribution is -2.33. The number of methoxy groups -OCH3 is 1. The first-order valence-electron chi connectivity index (χ1n) is 6.63. The van der Waals surface area contributed by atoms with Gasteiger partial charge in [0.2, 0.25) is 0 Å². The predicted molar refractivity (Wildman–Crippen MR) is 76.6 cm³/mol. The van der Waals surface area contributed by atoms with E-state index in [1.165, 1.54) is 16.7 Å². The van der Waals surface area contributed by atoms with Crippen LogP contribution in [-0.4, -0.2) is 36.6 Å². The molecule has 0 heterocycles. The van der Waals surface area contributed by atoms with Crippen LogP contribution in [0.4, 0.5) is 0 Å². The Morgan fingerprint density at radius 3 is 2.42 bits per heavy atom. The summed E-state index contributed by atoms with van der Waals surface area (Å²) in [6, 6.07) is 1.98. The van der Waals surface area contributed by atoms with Gasteiger partial charge < -0.3 is 20.3 Å². The SMILES string of the molecule is COc1cc(C)c(CNC(CO)CCO)c(C)c1C. The molecule has 4 nitrogen and oxygen atoms in total. The van der Waals surface area contributed by atoms with Gasteiger partial charge in [-0.3, -0.25) is 0 Å². The smallest absolute Gasteiger partial charge is 0.122 e. The molecule has 1 unspecified atom stereocenters. The number of aryl methyl sites for hydroxylation is 1. The summed E-state index contributed by atoms with van der Waals surface area (Å²) >= 11 is 0. The summed E-state index contributed by atoms with van der Waals surface area (Å²) in [5, 5.41) is 21.4. The van der Waals surface area contributed by atoms with E-state index in [1.807, 2.05) is 13.0 Å². The van der Waals surface area contributed by atoms with E-state index in [4.69, 9.17) is 9.84 Å². The van der Waals surface area contributed by atoms with Crippen LogP contribution in [0.25, 0.3) is 0 Å². The molecule has 108 valence electrons. The highest BCUT2D eigenvalue weighted by Gasteiger charge is 2.12. The van der Waals surface area contributed by atoms with Gasteiger partial charge in [-0.1, -0.05) is 0 Å². The molecule has 0 aromatic heterocycles. The molecule has 0 radical (unpaired) electrons. The molecule has 0 aliphatic rings. The van der Waals surface area contributed by atoms with Crippen LogP contribution >= 0.6 is 0 Å². The molecule has 19 heavy (non-hydrogen) atoms. The van der Waals surface area contributed by atoms with Crippen LogP contribution in [-0.2, 0) is 6.54 Å². The minimum atomic E-state index is -0.0637. The molecule has 1 rings (SSSR count). The molecule has 4 heteroatoms. The summed E-state index contributed by atoms with van der Waals surface area (Å²) in [6.45, 7) is 7.00. The maximum atomic E-state index is 9.22. The molecule has 0 fully saturated rings. The van der Waals surface area contributed by atoms with Crippen LogP contribution in [0, 0.1) is 20.8 Å². The first-order chi connectivity index (χ1) is 9.04. The zero-order valence-electron chi connectivity index (χ0n) is 12.3. The van der Waals surface area contributed by atoms with Crippen molar-refractivity contribution >= 4 is 0 Å². The maximum absolute atomic E-state index is 9.22. The van der Waals surface area contributed by atoms with Crippen LogP contribution < -0.4 is 10.1 Å². The number of hydrogen-bond donors (Lipinski definition) is 3. The number of benzene rings is 1. The van der Waals surface area contributed by atoms with Crippen molar-refractivity contribution in [2.75, 3.05) is 20.3 Å². The Morgan fingerprint density at radius 2 is 1.89 bits per heavy atom. The molecule has 1 aromatic rings. The average molecular weight is 267 g/mol. The summed E-state index contributed by atoms with van der Waals surface area (Å²) in [5.74, 6) is 0.910. The first kappa shape index (κ1) is 16.0. The Kier molecular flexibility index (Phi) is 6.28. The van der Waals surface area contributed by atoms with E-state index in [1.54, 1.807) is 7.11 Å². The fourth-order valence-corrected chi connectivity index (χ4v) is 2.24. The van der Waals surface area contributed by atoms with Crippen LogP contribution in [0.3, 0.4) is 0 Å². The largest absolute Gasteiger partial charge is 0.496 e. The molecule has 0 saturated carbocycles. The van der Waals surface area contributed by atoms with Crippen LogP contribution in [0.5, 0.6) is 5.75 Å². The van der Waals surface area contributed by atoms with E-state index in [0.717, 1.165) is 11.3 Å². The summed E-state index contributed by atoms with van der Waals surface area (Å²) < 4.78 is 5.35. The molecule has 0 amide bonds. The highest BCUT2D eigenvalue weighted by atomic mass is 16.5. The Labute approximate surface area is 115 Å². The number of ether oxygens (including phenoxy) is 1. The number of aliphatic hydroxyl groups excluding tert-OH is 2. The quantitative estimate of drug-likeness (QED) is 0.700. The van der Waals surface area contributed by atoms with Crippen molar-refractivity contribution < 1.29 is 14.9 Å². The van der Waals surface area contributed by atoms with Crippen molar-refractivity contribution in [2.45, 2.75) is 39.8 Å². The zero-order chi connectivity index (χ0) is 14.4. The van der Waals surface area contributed by atoms with Gasteiger partial charge in [0.25, 0.3) is 0 Å². The topological polar surface area (TPSA) is 61.7 Å². The lowest BCUT2D eigenvalue weighted by atomic mass is 9.97. The van der Waals surface area contributed by atoms with Crippen LogP contribution in [0.1, 0.15) is 28.7 Å². The van der Waals surface area contributed by atoms with Gasteiger partial charge in [0.05, 0.1) is 13.7 Å². The van der Waals surface area contributed by atoms with E-state index < -0.39 is 0 Å². The van der Waals surface area contributed by atoms with Crippen molar-refractivity contribution in [3.05, 3.63) is 28.3 Å². The minimum Gasteiger partial charge on any atom is -0.496 e. The fourth-order valence-electron chi connectivity index (χ4n) is 2.24. The second-order valence-corrected chi connectivity index (χ2v) is 4.90. The van der Waals surface area contributed by atoms with E-state index in [9.17, 15) is 5.11 Å². The Balaban J connectivity index is 2.87. The zero-order valence-corrected chi connectivity index (χ0v) is 12.3. The van der Waals surface area contributed by atoms with Gasteiger partial charge in [-0.2, -0.15) is 0 Å². The number of aliphatic hydroxyl groups is 2. The molecule has 3 N–H and O–H groups in total. The lowest BCUT2D eigenvalue weighted by molar-refractivity contribution is 0.199. The minimum absolute atomic E-state index is 0.0355. The van der Waals surface area contributed by atoms with Crippen LogP contribution in [0.2, 0.25) is 0 Å². The lowest BCUT2D eigenvalue weighted by Gasteiger charge is -2.19. The normalized spacial score (nSPS) is 12.5. The van der Waals surface area contributed by atoms with E-state index in [-0.39, 0.29) is 19.3 Å². The van der Waals surface area contributed by atoms with Crippen molar-refractivity contribution in [3.8, 4) is 5.75 Å². The van der Waals surface area contributed by atoms with E-state index in [2.05, 4.69) is 19.2 Å². The van der Waals surface area contributed by atoms with Gasteiger partial charge in [0.15, 0.2) is 0 Å². The van der Waals surface area contributed by atoms with Gasteiger partial charge in [0, 0.05) is 19.2 Å². The summed E-state index contributed by atoms with van der Waals surface area (Å²) in [7, 11) is 1.68. The highest BCUT2D eigenvalue weighted by Crippen LogP contribution is 2.27. The molecule has 1 atom stereocenters. The molecule has 0 bridgehead atoms. The second kappa shape index (κ2) is 7.48. The van der Waals surface area contributed by atoms with Gasteiger partial charge in [0.1, 0.15) is 5.75 Å². The number of rotatable bonds is 7. The Hall–Kier alpha value is -1.10. The van der Waals surface area contributed by atoms with E-state index >= 15 is 0 Å². The molecule has 0 aliphatic carbocycles. The predicted octanol–water partition coefficient (Wildman–Crippen LogP) is 1.45. The fraction of sp³-hybridized carbons (Fsp3) is 0.600. The molecule has 0 spiro atoms. The van der Waals surface area contributed by atoms with Crippen molar-refractivity contribution in [1.82, 2.24) is 5.32 Å². The average Bonchev–Trinajstić information content (AvgIpc) is 2.41. The van der Waals surface area contributed by atoms with Gasteiger partial charge in [-0.15, -0.1) is 0 Å². The Morgan fingerprint density at radius 1 is 1.21 bits per heavy atom. The molecular formula is C15H25NO3. The molecule has 0 aliphatic heterocycles. The number of hydrogen-bond acceptors (Lipinski definition) is 4. The van der Waals surface area contributed by atoms with Gasteiger partial charge >= 0.3 is 0 Å². The standard InChI is InChI=1S/C15H25NO3/c1-10-7-15(19-4)12(3)11(2)14(10)8-16-13(9-18)5-6-17/h7,13,16-18H,5-6,8-9H2,1-4H3. The first-order valence-corrected chi connectivity index (χ1v) is 6.63. The van der Waals surface area contributed by atoms with Gasteiger partial charge in [-0.05, 0) is 55.5 Å². The summed E-state index contributed by atoms with van der Waals surface area (Å²) in [6.07, 6.45) is 0.559. The van der Waals surface area contributed by atoms with Crippen molar-refractivity contribution in [3.63, 3.8) is 0 Å². The third-order valence-electron chi connectivity index (χ3n) is 3.69. The molecular weight excluding hydrogens is 242 g/mol. The summed E-state index contributed by atoms with van der Waals surface area (Å²) in [5.41, 5.74) is 4.76.